The Balaban J connectivity index is 2.21. The first-order chi connectivity index (χ1) is 6.66. The van der Waals surface area contributed by atoms with Crippen LogP contribution in [0.4, 0.5) is 0 Å². The second kappa shape index (κ2) is 3.69. The number of rotatable bonds is 0. The van der Waals surface area contributed by atoms with Crippen molar-refractivity contribution in [3.63, 3.8) is 0 Å². The standard InChI is InChI=1S/C10H14N2OS/c1-6-3-2-4-7(5-6)8-9(13)12-10(14)11-8/h6H,2-5H2,1H3,(H2,11,12,13,14)/b8-7+. The summed E-state index contributed by atoms with van der Waals surface area (Å²) in [5, 5.41) is 5.99. The number of hydrogen-bond acceptors (Lipinski definition) is 2. The van der Waals surface area contributed by atoms with Crippen molar-refractivity contribution in [1.29, 1.82) is 0 Å². The first-order valence-electron chi connectivity index (χ1n) is 5.01. The molecule has 1 amide bonds. The van der Waals surface area contributed by atoms with Gasteiger partial charge in [-0.2, -0.15) is 0 Å². The van der Waals surface area contributed by atoms with E-state index in [1.54, 1.807) is 0 Å². The summed E-state index contributed by atoms with van der Waals surface area (Å²) >= 11 is 4.89. The van der Waals surface area contributed by atoms with Gasteiger partial charge < -0.3 is 5.32 Å². The Bertz CT molecular complexity index is 322. The molecule has 1 atom stereocenters. The lowest BCUT2D eigenvalue weighted by molar-refractivity contribution is -0.115. The summed E-state index contributed by atoms with van der Waals surface area (Å²) in [7, 11) is 0. The van der Waals surface area contributed by atoms with Gasteiger partial charge in [0.1, 0.15) is 5.70 Å². The van der Waals surface area contributed by atoms with Gasteiger partial charge in [0, 0.05) is 0 Å². The summed E-state index contributed by atoms with van der Waals surface area (Å²) in [6.45, 7) is 2.23. The van der Waals surface area contributed by atoms with Crippen molar-refractivity contribution in [2.45, 2.75) is 32.6 Å². The monoisotopic (exact) mass is 210 g/mol. The quantitative estimate of drug-likeness (QED) is 0.470. The highest BCUT2D eigenvalue weighted by Gasteiger charge is 2.26. The molecule has 1 unspecified atom stereocenters. The van der Waals surface area contributed by atoms with Crippen LogP contribution in [0.1, 0.15) is 32.6 Å². The number of thiocarbonyl (C=S) groups is 1. The Morgan fingerprint density at radius 2 is 2.21 bits per heavy atom. The Morgan fingerprint density at radius 1 is 1.43 bits per heavy atom. The largest absolute Gasteiger partial charge is 0.328 e. The van der Waals surface area contributed by atoms with Gasteiger partial charge in [-0.3, -0.25) is 10.1 Å². The molecule has 2 fully saturated rings. The molecule has 2 rings (SSSR count). The second-order valence-corrected chi connectivity index (χ2v) is 4.50. The van der Waals surface area contributed by atoms with Crippen LogP contribution in [0.15, 0.2) is 11.3 Å². The van der Waals surface area contributed by atoms with E-state index in [9.17, 15) is 4.79 Å². The normalized spacial score (nSPS) is 32.8. The molecule has 1 aliphatic carbocycles. The number of hydrogen-bond donors (Lipinski definition) is 2. The summed E-state index contributed by atoms with van der Waals surface area (Å²) in [5.74, 6) is 0.633. The maximum absolute atomic E-state index is 11.5. The molecule has 0 radical (unpaired) electrons. The van der Waals surface area contributed by atoms with Gasteiger partial charge >= 0.3 is 0 Å². The zero-order valence-electron chi connectivity index (χ0n) is 8.22. The topological polar surface area (TPSA) is 41.1 Å². The molecule has 0 bridgehead atoms. The van der Waals surface area contributed by atoms with Crippen LogP contribution in [0.5, 0.6) is 0 Å². The van der Waals surface area contributed by atoms with Crippen molar-refractivity contribution in [3.05, 3.63) is 11.3 Å². The molecule has 1 saturated heterocycles. The highest BCUT2D eigenvalue weighted by atomic mass is 32.1. The van der Waals surface area contributed by atoms with Gasteiger partial charge in [0.05, 0.1) is 0 Å². The molecule has 1 heterocycles. The van der Waals surface area contributed by atoms with Crippen molar-refractivity contribution >= 4 is 23.2 Å². The predicted molar refractivity (Wildman–Crippen MR) is 58.5 cm³/mol. The van der Waals surface area contributed by atoms with Gasteiger partial charge in [0.25, 0.3) is 5.91 Å². The molecule has 14 heavy (non-hydrogen) atoms. The summed E-state index contributed by atoms with van der Waals surface area (Å²) in [5.41, 5.74) is 1.95. The Kier molecular flexibility index (Phi) is 2.54. The van der Waals surface area contributed by atoms with E-state index in [1.165, 1.54) is 18.4 Å². The number of carbonyl (C=O) groups is 1. The van der Waals surface area contributed by atoms with Gasteiger partial charge in [-0.05, 0) is 43.0 Å². The van der Waals surface area contributed by atoms with Crippen LogP contribution in [0, 0.1) is 5.92 Å². The highest BCUT2D eigenvalue weighted by molar-refractivity contribution is 7.80. The van der Waals surface area contributed by atoms with Crippen molar-refractivity contribution in [2.75, 3.05) is 0 Å². The van der Waals surface area contributed by atoms with Crippen molar-refractivity contribution in [1.82, 2.24) is 10.6 Å². The van der Waals surface area contributed by atoms with E-state index in [1.807, 2.05) is 0 Å². The third-order valence-electron chi connectivity index (χ3n) is 2.82. The summed E-state index contributed by atoms with van der Waals surface area (Å²) in [6, 6.07) is 0. The molecule has 0 aromatic rings. The van der Waals surface area contributed by atoms with Gasteiger partial charge in [-0.15, -0.1) is 0 Å². The van der Waals surface area contributed by atoms with E-state index < -0.39 is 0 Å². The highest BCUT2D eigenvalue weighted by Crippen LogP contribution is 2.30. The molecular formula is C10H14N2OS. The lowest BCUT2D eigenvalue weighted by Gasteiger charge is -2.21. The molecule has 0 aromatic carbocycles. The van der Waals surface area contributed by atoms with Crippen molar-refractivity contribution in [2.24, 2.45) is 5.92 Å². The van der Waals surface area contributed by atoms with Crippen LogP contribution in [0.25, 0.3) is 0 Å². The minimum absolute atomic E-state index is 0.0564. The maximum Gasteiger partial charge on any atom is 0.273 e. The fourth-order valence-electron chi connectivity index (χ4n) is 2.13. The zero-order valence-corrected chi connectivity index (χ0v) is 9.04. The molecule has 1 aliphatic heterocycles. The lowest BCUT2D eigenvalue weighted by Crippen LogP contribution is -2.21. The summed E-state index contributed by atoms with van der Waals surface area (Å²) in [6.07, 6.45) is 4.51. The van der Waals surface area contributed by atoms with E-state index >= 15 is 0 Å². The Hall–Kier alpha value is -0.900. The molecule has 0 aromatic heterocycles. The SMILES string of the molecule is CC1CCC/C(=C2\NC(=S)NC2=O)C1. The van der Waals surface area contributed by atoms with Gasteiger partial charge in [-0.1, -0.05) is 13.3 Å². The minimum Gasteiger partial charge on any atom is -0.328 e. The smallest absolute Gasteiger partial charge is 0.273 e. The van der Waals surface area contributed by atoms with Gasteiger partial charge in [0.15, 0.2) is 5.11 Å². The zero-order chi connectivity index (χ0) is 10.1. The summed E-state index contributed by atoms with van der Waals surface area (Å²) in [4.78, 5) is 11.5. The molecule has 1 saturated carbocycles. The molecule has 2 N–H and O–H groups in total. The molecular weight excluding hydrogens is 196 g/mol. The summed E-state index contributed by atoms with van der Waals surface area (Å²) < 4.78 is 0. The van der Waals surface area contributed by atoms with Crippen LogP contribution in [-0.4, -0.2) is 11.0 Å². The second-order valence-electron chi connectivity index (χ2n) is 4.09. The lowest BCUT2D eigenvalue weighted by atomic mass is 9.86. The van der Waals surface area contributed by atoms with Crippen molar-refractivity contribution < 1.29 is 4.79 Å². The number of nitrogens with one attached hydrogen (secondary N) is 2. The van der Waals surface area contributed by atoms with E-state index in [0.29, 0.717) is 16.7 Å². The number of allylic oxidation sites excluding steroid dienone is 1. The average molecular weight is 210 g/mol. The van der Waals surface area contributed by atoms with Gasteiger partial charge in [-0.25, -0.2) is 0 Å². The van der Waals surface area contributed by atoms with Gasteiger partial charge in [0.2, 0.25) is 0 Å². The first-order valence-corrected chi connectivity index (χ1v) is 5.42. The Morgan fingerprint density at radius 3 is 2.79 bits per heavy atom. The fourth-order valence-corrected chi connectivity index (χ4v) is 2.33. The fraction of sp³-hybridized carbons (Fsp3) is 0.600. The molecule has 0 spiro atoms. The van der Waals surface area contributed by atoms with Crippen LogP contribution >= 0.6 is 12.2 Å². The number of amides is 1. The maximum atomic E-state index is 11.5. The molecule has 3 nitrogen and oxygen atoms in total. The minimum atomic E-state index is -0.0564. The van der Waals surface area contributed by atoms with Crippen LogP contribution < -0.4 is 10.6 Å². The molecule has 4 heteroatoms. The van der Waals surface area contributed by atoms with E-state index in [4.69, 9.17) is 12.2 Å². The molecule has 76 valence electrons. The van der Waals surface area contributed by atoms with E-state index in [-0.39, 0.29) is 5.91 Å². The van der Waals surface area contributed by atoms with E-state index in [0.717, 1.165) is 12.8 Å². The first kappa shape index (κ1) is 9.65. The third kappa shape index (κ3) is 1.80. The van der Waals surface area contributed by atoms with Crippen LogP contribution in [0.2, 0.25) is 0 Å². The average Bonchev–Trinajstić information content (AvgIpc) is 2.45. The third-order valence-corrected chi connectivity index (χ3v) is 3.02. The Labute approximate surface area is 88.9 Å². The van der Waals surface area contributed by atoms with Crippen molar-refractivity contribution in [3.8, 4) is 0 Å². The molecule has 2 aliphatic rings. The van der Waals surface area contributed by atoms with Crippen LogP contribution in [-0.2, 0) is 4.79 Å². The van der Waals surface area contributed by atoms with Crippen LogP contribution in [0.3, 0.4) is 0 Å². The van der Waals surface area contributed by atoms with E-state index in [2.05, 4.69) is 17.6 Å². The number of carbonyl (C=O) groups excluding carboxylic acids is 1. The predicted octanol–water partition coefficient (Wildman–Crippen LogP) is 1.45.